The first-order chi connectivity index (χ1) is 7.66. The Morgan fingerprint density at radius 1 is 1.44 bits per heavy atom. The Morgan fingerprint density at radius 3 is 3.06 bits per heavy atom. The molecule has 0 spiro atoms. The summed E-state index contributed by atoms with van der Waals surface area (Å²) in [5, 5.41) is 3.41. The summed E-state index contributed by atoms with van der Waals surface area (Å²) in [6.45, 7) is 5.12. The molecular formula is C12H14BrFN2. The molecule has 1 aromatic rings. The smallest absolute Gasteiger partial charge is 0.137 e. The van der Waals surface area contributed by atoms with Crippen LogP contribution in [-0.2, 0) is 6.54 Å². The van der Waals surface area contributed by atoms with E-state index in [1.807, 2.05) is 6.07 Å². The summed E-state index contributed by atoms with van der Waals surface area (Å²) in [7, 11) is 0. The highest BCUT2D eigenvalue weighted by atomic mass is 79.9. The molecule has 0 bridgehead atoms. The summed E-state index contributed by atoms with van der Waals surface area (Å²) < 4.78 is 14.1. The van der Waals surface area contributed by atoms with Crippen molar-refractivity contribution in [2.45, 2.75) is 25.6 Å². The van der Waals surface area contributed by atoms with Crippen molar-refractivity contribution < 1.29 is 4.39 Å². The fourth-order valence-electron chi connectivity index (χ4n) is 2.77. The second-order valence-corrected chi connectivity index (χ2v) is 5.51. The topological polar surface area (TPSA) is 15.3 Å². The van der Waals surface area contributed by atoms with E-state index in [1.165, 1.54) is 5.56 Å². The van der Waals surface area contributed by atoms with Crippen molar-refractivity contribution in [3.8, 4) is 0 Å². The molecule has 0 radical (unpaired) electrons. The van der Waals surface area contributed by atoms with E-state index in [0.717, 1.165) is 25.2 Å². The predicted molar refractivity (Wildman–Crippen MR) is 64.7 cm³/mol. The first-order valence-electron chi connectivity index (χ1n) is 5.61. The summed E-state index contributed by atoms with van der Waals surface area (Å²) >= 11 is 3.25. The Balaban J connectivity index is 2.04. The quantitative estimate of drug-likeness (QED) is 0.787. The summed E-state index contributed by atoms with van der Waals surface area (Å²) in [6, 6.07) is 4.48. The van der Waals surface area contributed by atoms with E-state index in [1.54, 1.807) is 6.07 Å². The average Bonchev–Trinajstić information content (AvgIpc) is 2.59. The SMILES string of the molecule is CC1CNCC2c3cc(F)c(Br)cc3CN12. The van der Waals surface area contributed by atoms with Crippen LogP contribution >= 0.6 is 15.9 Å². The molecule has 16 heavy (non-hydrogen) atoms. The monoisotopic (exact) mass is 284 g/mol. The summed E-state index contributed by atoms with van der Waals surface area (Å²) in [5.74, 6) is -0.154. The minimum Gasteiger partial charge on any atom is -0.313 e. The van der Waals surface area contributed by atoms with Gasteiger partial charge in [0, 0.05) is 31.7 Å². The van der Waals surface area contributed by atoms with Gasteiger partial charge in [-0.25, -0.2) is 4.39 Å². The highest BCUT2D eigenvalue weighted by molar-refractivity contribution is 9.10. The van der Waals surface area contributed by atoms with Crippen LogP contribution in [0.5, 0.6) is 0 Å². The Labute approximate surface area is 103 Å². The van der Waals surface area contributed by atoms with Crippen LogP contribution in [0.4, 0.5) is 4.39 Å². The van der Waals surface area contributed by atoms with E-state index in [0.29, 0.717) is 16.6 Å². The van der Waals surface area contributed by atoms with Gasteiger partial charge in [-0.2, -0.15) is 0 Å². The van der Waals surface area contributed by atoms with Crippen molar-refractivity contribution in [1.29, 1.82) is 0 Å². The van der Waals surface area contributed by atoms with Gasteiger partial charge in [0.15, 0.2) is 0 Å². The van der Waals surface area contributed by atoms with E-state index in [9.17, 15) is 4.39 Å². The van der Waals surface area contributed by atoms with Crippen LogP contribution in [0.25, 0.3) is 0 Å². The second-order valence-electron chi connectivity index (χ2n) is 4.66. The van der Waals surface area contributed by atoms with Crippen LogP contribution in [0.3, 0.4) is 0 Å². The fraction of sp³-hybridized carbons (Fsp3) is 0.500. The third-order valence-corrected chi connectivity index (χ3v) is 4.25. The van der Waals surface area contributed by atoms with Gasteiger partial charge in [-0.1, -0.05) is 0 Å². The molecular weight excluding hydrogens is 271 g/mol. The summed E-state index contributed by atoms with van der Waals surface area (Å²) in [6.07, 6.45) is 0. The number of nitrogens with one attached hydrogen (secondary N) is 1. The lowest BCUT2D eigenvalue weighted by Crippen LogP contribution is -2.48. The third kappa shape index (κ3) is 1.51. The van der Waals surface area contributed by atoms with Crippen LogP contribution in [0.15, 0.2) is 16.6 Å². The molecule has 2 atom stereocenters. The number of hydrogen-bond donors (Lipinski definition) is 1. The van der Waals surface area contributed by atoms with E-state index in [-0.39, 0.29) is 5.82 Å². The average molecular weight is 285 g/mol. The first kappa shape index (κ1) is 10.7. The minimum atomic E-state index is -0.154. The van der Waals surface area contributed by atoms with Crippen molar-refractivity contribution in [1.82, 2.24) is 10.2 Å². The van der Waals surface area contributed by atoms with Crippen molar-refractivity contribution >= 4 is 15.9 Å². The van der Waals surface area contributed by atoms with Gasteiger partial charge in [-0.15, -0.1) is 0 Å². The molecule has 4 heteroatoms. The van der Waals surface area contributed by atoms with Crippen LogP contribution in [0.2, 0.25) is 0 Å². The lowest BCUT2D eigenvalue weighted by atomic mass is 10.0. The molecule has 86 valence electrons. The van der Waals surface area contributed by atoms with Crippen molar-refractivity contribution in [2.24, 2.45) is 0 Å². The predicted octanol–water partition coefficient (Wildman–Crippen LogP) is 2.44. The van der Waals surface area contributed by atoms with E-state index >= 15 is 0 Å². The largest absolute Gasteiger partial charge is 0.313 e. The Kier molecular flexibility index (Phi) is 2.53. The van der Waals surface area contributed by atoms with E-state index in [2.05, 4.69) is 33.1 Å². The van der Waals surface area contributed by atoms with Gasteiger partial charge in [0.1, 0.15) is 5.82 Å². The van der Waals surface area contributed by atoms with Crippen LogP contribution in [0.1, 0.15) is 24.1 Å². The maximum absolute atomic E-state index is 13.5. The first-order valence-corrected chi connectivity index (χ1v) is 6.40. The highest BCUT2D eigenvalue weighted by Gasteiger charge is 2.36. The van der Waals surface area contributed by atoms with Gasteiger partial charge in [-0.3, -0.25) is 4.90 Å². The molecule has 2 nitrogen and oxygen atoms in total. The lowest BCUT2D eigenvalue weighted by Gasteiger charge is -2.36. The summed E-state index contributed by atoms with van der Waals surface area (Å²) in [4.78, 5) is 2.45. The van der Waals surface area contributed by atoms with Gasteiger partial charge in [-0.05, 0) is 46.1 Å². The van der Waals surface area contributed by atoms with Gasteiger partial charge < -0.3 is 5.32 Å². The molecule has 0 saturated carbocycles. The zero-order valence-electron chi connectivity index (χ0n) is 9.13. The summed E-state index contributed by atoms with van der Waals surface area (Å²) in [5.41, 5.74) is 2.41. The molecule has 0 aliphatic carbocycles. The van der Waals surface area contributed by atoms with Crippen molar-refractivity contribution in [2.75, 3.05) is 13.1 Å². The number of piperazine rings is 1. The standard InChI is InChI=1S/C12H14BrFN2/c1-7-4-15-5-12-9-3-11(14)10(13)2-8(9)6-16(7)12/h2-3,7,12,15H,4-6H2,1H3. The number of benzene rings is 1. The Morgan fingerprint density at radius 2 is 2.25 bits per heavy atom. The van der Waals surface area contributed by atoms with Gasteiger partial charge in [0.25, 0.3) is 0 Å². The molecule has 2 aliphatic heterocycles. The zero-order valence-corrected chi connectivity index (χ0v) is 10.7. The third-order valence-electron chi connectivity index (χ3n) is 3.64. The number of nitrogens with zero attached hydrogens (tertiary/aromatic N) is 1. The zero-order chi connectivity index (χ0) is 11.3. The number of hydrogen-bond acceptors (Lipinski definition) is 2. The Bertz CT molecular complexity index is 435. The van der Waals surface area contributed by atoms with Crippen LogP contribution in [-0.4, -0.2) is 24.0 Å². The molecule has 1 N–H and O–H groups in total. The fourth-order valence-corrected chi connectivity index (χ4v) is 3.16. The Hall–Kier alpha value is -0.450. The minimum absolute atomic E-state index is 0.154. The van der Waals surface area contributed by atoms with Crippen molar-refractivity contribution in [3.63, 3.8) is 0 Å². The number of halogens is 2. The second kappa shape index (κ2) is 3.79. The molecule has 2 aliphatic rings. The molecule has 2 unspecified atom stereocenters. The maximum Gasteiger partial charge on any atom is 0.137 e. The van der Waals surface area contributed by atoms with E-state index in [4.69, 9.17) is 0 Å². The van der Waals surface area contributed by atoms with Gasteiger partial charge >= 0.3 is 0 Å². The van der Waals surface area contributed by atoms with E-state index < -0.39 is 0 Å². The lowest BCUT2D eigenvalue weighted by molar-refractivity contribution is 0.118. The van der Waals surface area contributed by atoms with Gasteiger partial charge in [0.2, 0.25) is 0 Å². The maximum atomic E-state index is 13.5. The van der Waals surface area contributed by atoms with Crippen LogP contribution in [0, 0.1) is 5.82 Å². The number of fused-ring (bicyclic) bond motifs is 3. The number of rotatable bonds is 0. The molecule has 0 aromatic heterocycles. The molecule has 3 rings (SSSR count). The molecule has 1 fully saturated rings. The molecule has 1 aromatic carbocycles. The molecule has 0 amide bonds. The normalized spacial score (nSPS) is 28.9. The van der Waals surface area contributed by atoms with Crippen molar-refractivity contribution in [3.05, 3.63) is 33.5 Å². The molecule has 1 saturated heterocycles. The molecule has 2 heterocycles. The van der Waals surface area contributed by atoms with Gasteiger partial charge in [0.05, 0.1) is 4.47 Å². The van der Waals surface area contributed by atoms with Crippen LogP contribution < -0.4 is 5.32 Å². The highest BCUT2D eigenvalue weighted by Crippen LogP contribution is 2.38.